The van der Waals surface area contributed by atoms with E-state index in [2.05, 4.69) is 50.9 Å². The Labute approximate surface area is 174 Å². The molecule has 2 aromatic heterocycles. The van der Waals surface area contributed by atoms with E-state index >= 15 is 0 Å². The largest absolute Gasteiger partial charge is 0.360 e. The third-order valence-corrected chi connectivity index (χ3v) is 5.93. The fraction of sp³-hybridized carbons (Fsp3) is 0.217. The first-order valence-electron chi connectivity index (χ1n) is 9.89. The van der Waals surface area contributed by atoms with E-state index in [-0.39, 0.29) is 5.54 Å². The van der Waals surface area contributed by atoms with Gasteiger partial charge in [-0.2, -0.15) is 0 Å². The molecular formula is C23H22ClN5. The lowest BCUT2D eigenvalue weighted by Gasteiger charge is -2.39. The lowest BCUT2D eigenvalue weighted by molar-refractivity contribution is 0.348. The van der Waals surface area contributed by atoms with E-state index in [1.54, 1.807) is 6.20 Å². The van der Waals surface area contributed by atoms with Crippen LogP contribution in [-0.4, -0.2) is 28.0 Å². The molecule has 1 saturated heterocycles. The van der Waals surface area contributed by atoms with Gasteiger partial charge in [0.25, 0.3) is 0 Å². The molecule has 29 heavy (non-hydrogen) atoms. The number of nitrogens with one attached hydrogen (secondary N) is 3. The predicted molar refractivity (Wildman–Crippen MR) is 118 cm³/mol. The molecule has 1 unspecified atom stereocenters. The number of para-hydroxylation sites is 1. The van der Waals surface area contributed by atoms with Crippen molar-refractivity contribution >= 4 is 28.5 Å². The highest BCUT2D eigenvalue weighted by molar-refractivity contribution is 6.33. The van der Waals surface area contributed by atoms with Gasteiger partial charge in [0, 0.05) is 29.2 Å². The van der Waals surface area contributed by atoms with Crippen LogP contribution in [0.5, 0.6) is 0 Å². The number of anilines is 1. The first-order chi connectivity index (χ1) is 14.3. The van der Waals surface area contributed by atoms with Gasteiger partial charge >= 0.3 is 0 Å². The number of rotatable bonds is 4. The number of benzene rings is 2. The van der Waals surface area contributed by atoms with Crippen molar-refractivity contribution in [3.05, 3.63) is 77.6 Å². The summed E-state index contributed by atoms with van der Waals surface area (Å²) in [5.74, 6) is 0.585. The fourth-order valence-electron chi connectivity index (χ4n) is 4.19. The van der Waals surface area contributed by atoms with Crippen LogP contribution in [0.4, 0.5) is 5.95 Å². The summed E-state index contributed by atoms with van der Waals surface area (Å²) >= 11 is 6.50. The summed E-state index contributed by atoms with van der Waals surface area (Å²) in [4.78, 5) is 12.6. The Balaban J connectivity index is 1.56. The summed E-state index contributed by atoms with van der Waals surface area (Å²) < 4.78 is 0. The molecule has 0 saturated carbocycles. The highest BCUT2D eigenvalue weighted by Crippen LogP contribution is 2.35. The van der Waals surface area contributed by atoms with Crippen molar-refractivity contribution in [2.45, 2.75) is 18.4 Å². The molecule has 1 fully saturated rings. The van der Waals surface area contributed by atoms with Gasteiger partial charge in [-0.05, 0) is 31.0 Å². The van der Waals surface area contributed by atoms with Gasteiger partial charge in [-0.3, -0.25) is 0 Å². The van der Waals surface area contributed by atoms with Crippen molar-refractivity contribution in [1.82, 2.24) is 20.3 Å². The number of halogens is 1. The van der Waals surface area contributed by atoms with Gasteiger partial charge < -0.3 is 15.6 Å². The van der Waals surface area contributed by atoms with E-state index in [1.807, 2.05) is 30.5 Å². The summed E-state index contributed by atoms with van der Waals surface area (Å²) in [6.45, 7) is 1.85. The van der Waals surface area contributed by atoms with Crippen LogP contribution in [0.3, 0.4) is 0 Å². The van der Waals surface area contributed by atoms with Crippen molar-refractivity contribution in [1.29, 1.82) is 0 Å². The normalized spacial score (nSPS) is 19.3. The highest BCUT2D eigenvalue weighted by Gasteiger charge is 2.34. The average Bonchev–Trinajstić information content (AvgIpc) is 3.20. The quantitative estimate of drug-likeness (QED) is 0.450. The number of aromatic nitrogens is 3. The lowest BCUT2D eigenvalue weighted by Crippen LogP contribution is -2.49. The molecule has 0 amide bonds. The van der Waals surface area contributed by atoms with Crippen LogP contribution in [0, 0.1) is 0 Å². The molecule has 0 aliphatic carbocycles. The molecule has 5 nitrogen and oxygen atoms in total. The van der Waals surface area contributed by atoms with Gasteiger partial charge in [0.15, 0.2) is 0 Å². The molecule has 0 spiro atoms. The third-order valence-electron chi connectivity index (χ3n) is 5.65. The fourth-order valence-corrected chi connectivity index (χ4v) is 4.38. The summed E-state index contributed by atoms with van der Waals surface area (Å²) in [7, 11) is 0. The number of piperidine rings is 1. The van der Waals surface area contributed by atoms with Crippen molar-refractivity contribution in [2.75, 3.05) is 18.4 Å². The zero-order chi connectivity index (χ0) is 19.7. The molecular weight excluding hydrogens is 382 g/mol. The highest BCUT2D eigenvalue weighted by atomic mass is 35.5. The van der Waals surface area contributed by atoms with Crippen molar-refractivity contribution < 1.29 is 0 Å². The number of aromatic amines is 1. The minimum Gasteiger partial charge on any atom is -0.360 e. The minimum atomic E-state index is -0.245. The molecule has 2 aromatic carbocycles. The number of fused-ring (bicyclic) bond motifs is 1. The van der Waals surface area contributed by atoms with Gasteiger partial charge in [-0.15, -0.1) is 0 Å². The van der Waals surface area contributed by atoms with E-state index in [9.17, 15) is 0 Å². The Morgan fingerprint density at radius 3 is 2.69 bits per heavy atom. The molecule has 0 bridgehead atoms. The molecule has 146 valence electrons. The molecule has 1 atom stereocenters. The second-order valence-electron chi connectivity index (χ2n) is 7.49. The SMILES string of the molecule is Clc1cnc(NC2(c3ccccc3)CCCNC2)nc1-c1c[nH]c2ccccc12. The molecule has 4 aromatic rings. The maximum atomic E-state index is 6.50. The Hall–Kier alpha value is -2.89. The predicted octanol–water partition coefficient (Wildman–Crippen LogP) is 4.97. The van der Waals surface area contributed by atoms with Gasteiger partial charge in [-0.25, -0.2) is 9.97 Å². The maximum Gasteiger partial charge on any atom is 0.224 e. The first kappa shape index (κ1) is 18.2. The number of H-pyrrole nitrogens is 1. The van der Waals surface area contributed by atoms with Gasteiger partial charge in [0.2, 0.25) is 5.95 Å². The summed E-state index contributed by atoms with van der Waals surface area (Å²) in [6, 6.07) is 18.7. The van der Waals surface area contributed by atoms with Crippen LogP contribution in [-0.2, 0) is 5.54 Å². The average molecular weight is 404 g/mol. The number of hydrogen-bond acceptors (Lipinski definition) is 4. The van der Waals surface area contributed by atoms with Crippen molar-refractivity contribution in [3.63, 3.8) is 0 Å². The standard InChI is InChI=1S/C23H22ClN5/c24-19-14-27-22(28-21(19)18-13-26-20-10-5-4-9-17(18)20)29-23(11-6-12-25-15-23)16-7-2-1-3-8-16/h1-5,7-10,13-14,25-26H,6,11-12,15H2,(H,27,28,29). The minimum absolute atomic E-state index is 0.245. The summed E-state index contributed by atoms with van der Waals surface area (Å²) in [6.07, 6.45) is 5.74. The van der Waals surface area contributed by atoms with E-state index in [0.717, 1.165) is 48.1 Å². The van der Waals surface area contributed by atoms with Crippen LogP contribution < -0.4 is 10.6 Å². The zero-order valence-corrected chi connectivity index (χ0v) is 16.7. The summed E-state index contributed by atoms with van der Waals surface area (Å²) in [5, 5.41) is 8.79. The van der Waals surface area contributed by atoms with Crippen LogP contribution in [0.15, 0.2) is 67.0 Å². The topological polar surface area (TPSA) is 65.6 Å². The zero-order valence-electron chi connectivity index (χ0n) is 16.0. The Kier molecular flexibility index (Phi) is 4.70. The van der Waals surface area contributed by atoms with E-state index in [1.165, 1.54) is 5.56 Å². The second-order valence-corrected chi connectivity index (χ2v) is 7.90. The molecule has 0 radical (unpaired) electrons. The van der Waals surface area contributed by atoms with E-state index in [0.29, 0.717) is 11.0 Å². The monoisotopic (exact) mass is 403 g/mol. The van der Waals surface area contributed by atoms with Crippen LogP contribution in [0.1, 0.15) is 18.4 Å². The second kappa shape index (κ2) is 7.50. The van der Waals surface area contributed by atoms with Gasteiger partial charge in [-0.1, -0.05) is 60.1 Å². The summed E-state index contributed by atoms with van der Waals surface area (Å²) in [5.41, 5.74) is 3.76. The van der Waals surface area contributed by atoms with Gasteiger partial charge in [0.1, 0.15) is 0 Å². The molecule has 1 aliphatic rings. The van der Waals surface area contributed by atoms with E-state index < -0.39 is 0 Å². The molecule has 1 aliphatic heterocycles. The molecule has 3 N–H and O–H groups in total. The van der Waals surface area contributed by atoms with Crippen LogP contribution in [0.2, 0.25) is 5.02 Å². The van der Waals surface area contributed by atoms with Gasteiger partial charge in [0.05, 0.1) is 22.5 Å². The van der Waals surface area contributed by atoms with Crippen molar-refractivity contribution in [3.8, 4) is 11.3 Å². The molecule has 6 heteroatoms. The van der Waals surface area contributed by atoms with Crippen LogP contribution >= 0.6 is 11.6 Å². The third kappa shape index (κ3) is 3.37. The van der Waals surface area contributed by atoms with E-state index in [4.69, 9.17) is 16.6 Å². The number of hydrogen-bond donors (Lipinski definition) is 3. The smallest absolute Gasteiger partial charge is 0.224 e. The maximum absolute atomic E-state index is 6.50. The Morgan fingerprint density at radius 1 is 1.03 bits per heavy atom. The van der Waals surface area contributed by atoms with Crippen LogP contribution in [0.25, 0.3) is 22.2 Å². The first-order valence-corrected chi connectivity index (χ1v) is 10.3. The Morgan fingerprint density at radius 2 is 1.86 bits per heavy atom. The Bertz CT molecular complexity index is 1130. The number of nitrogens with zero attached hydrogens (tertiary/aromatic N) is 2. The molecule has 3 heterocycles. The molecule has 5 rings (SSSR count). The lowest BCUT2D eigenvalue weighted by atomic mass is 9.83. The van der Waals surface area contributed by atoms with Crippen molar-refractivity contribution in [2.24, 2.45) is 0 Å².